The van der Waals surface area contributed by atoms with Crippen LogP contribution in [-0.4, -0.2) is 57.3 Å². The van der Waals surface area contributed by atoms with Crippen molar-refractivity contribution in [1.82, 2.24) is 19.4 Å². The summed E-state index contributed by atoms with van der Waals surface area (Å²) in [6.45, 7) is 2.10. The number of aromatic nitrogens is 2. The van der Waals surface area contributed by atoms with E-state index in [4.69, 9.17) is 0 Å². The summed E-state index contributed by atoms with van der Waals surface area (Å²) in [5, 5.41) is 0.965. The number of benzene rings is 1. The molecule has 0 radical (unpaired) electrons. The van der Waals surface area contributed by atoms with Crippen LogP contribution < -0.4 is 0 Å². The predicted molar refractivity (Wildman–Crippen MR) is 99.0 cm³/mol. The quantitative estimate of drug-likeness (QED) is 0.713. The fourth-order valence-corrected chi connectivity index (χ4v) is 3.45. The van der Waals surface area contributed by atoms with Crippen LogP contribution in [0.3, 0.4) is 0 Å². The van der Waals surface area contributed by atoms with Crippen LogP contribution in [0, 0.1) is 0 Å². The first-order valence-corrected chi connectivity index (χ1v) is 8.69. The highest BCUT2D eigenvalue weighted by molar-refractivity contribution is 6.07. The Bertz CT molecular complexity index is 956. The van der Waals surface area contributed by atoms with E-state index < -0.39 is 0 Å². The van der Waals surface area contributed by atoms with E-state index in [-0.39, 0.29) is 11.8 Å². The Labute approximate surface area is 151 Å². The number of fused-ring (bicyclic) bond motifs is 1. The molecule has 0 unspecified atom stereocenters. The second-order valence-electron chi connectivity index (χ2n) is 6.47. The van der Waals surface area contributed by atoms with Gasteiger partial charge in [-0.1, -0.05) is 24.3 Å². The van der Waals surface area contributed by atoms with Crippen LogP contribution in [0.15, 0.2) is 54.9 Å². The summed E-state index contributed by atoms with van der Waals surface area (Å²) in [6, 6.07) is 13.2. The van der Waals surface area contributed by atoms with E-state index in [1.54, 1.807) is 29.3 Å². The van der Waals surface area contributed by atoms with Crippen LogP contribution in [0.5, 0.6) is 0 Å². The lowest BCUT2D eigenvalue weighted by atomic mass is 10.1. The lowest BCUT2D eigenvalue weighted by Crippen LogP contribution is -2.50. The molecule has 6 heteroatoms. The van der Waals surface area contributed by atoms with E-state index in [9.17, 15) is 9.59 Å². The van der Waals surface area contributed by atoms with Gasteiger partial charge in [0.2, 0.25) is 0 Å². The minimum absolute atomic E-state index is 0.0201. The molecule has 132 valence electrons. The van der Waals surface area contributed by atoms with Gasteiger partial charge in [-0.15, -0.1) is 0 Å². The molecule has 0 N–H and O–H groups in total. The van der Waals surface area contributed by atoms with Gasteiger partial charge in [-0.2, -0.15) is 0 Å². The number of carbonyl (C=O) groups excluding carboxylic acids is 2. The fourth-order valence-electron chi connectivity index (χ4n) is 3.45. The van der Waals surface area contributed by atoms with E-state index in [1.807, 2.05) is 47.0 Å². The van der Waals surface area contributed by atoms with Gasteiger partial charge in [0, 0.05) is 56.5 Å². The van der Waals surface area contributed by atoms with Crippen molar-refractivity contribution in [2.75, 3.05) is 26.2 Å². The molecule has 3 heterocycles. The Morgan fingerprint density at radius 2 is 1.54 bits per heavy atom. The molecule has 0 spiro atoms. The Kier molecular flexibility index (Phi) is 4.16. The second-order valence-corrected chi connectivity index (χ2v) is 6.47. The van der Waals surface area contributed by atoms with Crippen molar-refractivity contribution in [2.45, 2.75) is 0 Å². The Hall–Kier alpha value is -3.15. The fraction of sp³-hybridized carbons (Fsp3) is 0.250. The Morgan fingerprint density at radius 1 is 0.885 bits per heavy atom. The first-order chi connectivity index (χ1) is 12.6. The number of piperazine rings is 1. The molecule has 0 saturated carbocycles. The van der Waals surface area contributed by atoms with Crippen molar-refractivity contribution in [3.63, 3.8) is 0 Å². The Morgan fingerprint density at radius 3 is 2.23 bits per heavy atom. The average Bonchev–Trinajstić information content (AvgIpc) is 3.05. The molecule has 0 aliphatic carbocycles. The molecule has 1 aliphatic heterocycles. The van der Waals surface area contributed by atoms with Gasteiger partial charge in [-0.25, -0.2) is 0 Å². The second kappa shape index (κ2) is 6.63. The normalized spacial score (nSPS) is 14.7. The number of para-hydroxylation sites is 1. The van der Waals surface area contributed by atoms with Crippen LogP contribution in [0.1, 0.15) is 20.8 Å². The standard InChI is InChI=1S/C20H20N4O2/c1-22-14-16(15-6-2-3-8-18(15)22)19(25)23-10-12-24(13-11-23)20(26)17-7-4-5-9-21-17/h2-9,14H,10-13H2,1H3. The molecule has 1 aromatic carbocycles. The van der Waals surface area contributed by atoms with E-state index >= 15 is 0 Å². The van der Waals surface area contributed by atoms with Crippen molar-refractivity contribution >= 4 is 22.7 Å². The summed E-state index contributed by atoms with van der Waals surface area (Å²) in [5.41, 5.74) is 2.20. The van der Waals surface area contributed by atoms with Crippen LogP contribution in [0.4, 0.5) is 0 Å². The first-order valence-electron chi connectivity index (χ1n) is 8.69. The van der Waals surface area contributed by atoms with Crippen molar-refractivity contribution in [3.8, 4) is 0 Å². The molecule has 0 bridgehead atoms. The summed E-state index contributed by atoms with van der Waals surface area (Å²) in [7, 11) is 1.95. The monoisotopic (exact) mass is 348 g/mol. The van der Waals surface area contributed by atoms with Crippen LogP contribution in [0.2, 0.25) is 0 Å². The summed E-state index contributed by atoms with van der Waals surface area (Å²) < 4.78 is 1.98. The number of hydrogen-bond donors (Lipinski definition) is 0. The summed E-state index contributed by atoms with van der Waals surface area (Å²) >= 11 is 0. The summed E-state index contributed by atoms with van der Waals surface area (Å²) in [4.78, 5) is 33.2. The average molecular weight is 348 g/mol. The van der Waals surface area contributed by atoms with E-state index in [2.05, 4.69) is 4.98 Å². The first kappa shape index (κ1) is 16.3. The van der Waals surface area contributed by atoms with Gasteiger partial charge >= 0.3 is 0 Å². The van der Waals surface area contributed by atoms with Crippen molar-refractivity contribution in [2.24, 2.45) is 7.05 Å². The molecule has 4 rings (SSSR count). The number of nitrogens with zero attached hydrogens (tertiary/aromatic N) is 4. The summed E-state index contributed by atoms with van der Waals surface area (Å²) in [5.74, 6) is -0.0606. The topological polar surface area (TPSA) is 58.4 Å². The maximum absolute atomic E-state index is 13.0. The highest BCUT2D eigenvalue weighted by atomic mass is 16.2. The maximum Gasteiger partial charge on any atom is 0.272 e. The largest absolute Gasteiger partial charge is 0.350 e. The van der Waals surface area contributed by atoms with Crippen molar-refractivity contribution in [3.05, 3.63) is 66.1 Å². The number of aryl methyl sites for hydroxylation is 1. The van der Waals surface area contributed by atoms with E-state index in [0.29, 0.717) is 37.4 Å². The molecular weight excluding hydrogens is 328 g/mol. The van der Waals surface area contributed by atoms with E-state index in [1.165, 1.54) is 0 Å². The van der Waals surface area contributed by atoms with Crippen molar-refractivity contribution in [1.29, 1.82) is 0 Å². The molecular formula is C20H20N4O2. The van der Waals surface area contributed by atoms with Crippen LogP contribution in [0.25, 0.3) is 10.9 Å². The third kappa shape index (κ3) is 2.83. The minimum Gasteiger partial charge on any atom is -0.350 e. The number of hydrogen-bond acceptors (Lipinski definition) is 3. The van der Waals surface area contributed by atoms with Crippen LogP contribution >= 0.6 is 0 Å². The zero-order valence-corrected chi connectivity index (χ0v) is 14.6. The van der Waals surface area contributed by atoms with Gasteiger partial charge < -0.3 is 14.4 Å². The van der Waals surface area contributed by atoms with Gasteiger partial charge in [-0.05, 0) is 18.2 Å². The highest BCUT2D eigenvalue weighted by Gasteiger charge is 2.27. The molecule has 0 atom stereocenters. The van der Waals surface area contributed by atoms with Gasteiger partial charge in [0.15, 0.2) is 0 Å². The molecule has 1 saturated heterocycles. The minimum atomic E-state index is -0.0807. The van der Waals surface area contributed by atoms with Crippen LogP contribution in [-0.2, 0) is 7.05 Å². The molecule has 3 aromatic rings. The molecule has 1 aliphatic rings. The molecule has 26 heavy (non-hydrogen) atoms. The van der Waals surface area contributed by atoms with Gasteiger partial charge in [-0.3, -0.25) is 14.6 Å². The number of rotatable bonds is 2. The molecule has 2 amide bonds. The SMILES string of the molecule is Cn1cc(C(=O)N2CCN(C(=O)c3ccccn3)CC2)c2ccccc21. The van der Waals surface area contributed by atoms with Gasteiger partial charge in [0.25, 0.3) is 11.8 Å². The van der Waals surface area contributed by atoms with Gasteiger partial charge in [0.05, 0.1) is 5.56 Å². The summed E-state index contributed by atoms with van der Waals surface area (Å²) in [6.07, 6.45) is 3.51. The van der Waals surface area contributed by atoms with E-state index in [0.717, 1.165) is 10.9 Å². The number of amides is 2. The smallest absolute Gasteiger partial charge is 0.272 e. The third-order valence-electron chi connectivity index (χ3n) is 4.87. The predicted octanol–water partition coefficient (Wildman–Crippen LogP) is 2.17. The highest BCUT2D eigenvalue weighted by Crippen LogP contribution is 2.22. The number of pyridine rings is 1. The number of carbonyl (C=O) groups is 2. The third-order valence-corrected chi connectivity index (χ3v) is 4.87. The van der Waals surface area contributed by atoms with Crippen molar-refractivity contribution < 1.29 is 9.59 Å². The zero-order chi connectivity index (χ0) is 18.1. The van der Waals surface area contributed by atoms with Gasteiger partial charge in [0.1, 0.15) is 5.69 Å². The lowest BCUT2D eigenvalue weighted by molar-refractivity contribution is 0.0533. The molecule has 1 fully saturated rings. The maximum atomic E-state index is 13.0. The Balaban J connectivity index is 1.48. The molecule has 2 aromatic heterocycles. The zero-order valence-electron chi connectivity index (χ0n) is 14.6. The lowest BCUT2D eigenvalue weighted by Gasteiger charge is -2.34. The molecule has 6 nitrogen and oxygen atoms in total.